The summed E-state index contributed by atoms with van der Waals surface area (Å²) < 4.78 is 2.99. The van der Waals surface area contributed by atoms with Crippen LogP contribution in [-0.4, -0.2) is 36.1 Å². The van der Waals surface area contributed by atoms with Crippen LogP contribution in [0.4, 0.5) is 0 Å². The number of nitrogens with one attached hydrogen (secondary N) is 1. The summed E-state index contributed by atoms with van der Waals surface area (Å²) in [5.74, 6) is 0.560. The van der Waals surface area contributed by atoms with Gasteiger partial charge in [0.2, 0.25) is 0 Å². The summed E-state index contributed by atoms with van der Waals surface area (Å²) in [7, 11) is 1.56. The first-order chi connectivity index (χ1) is 13.9. The van der Waals surface area contributed by atoms with E-state index in [1.165, 1.54) is 16.3 Å². The highest BCUT2D eigenvalue weighted by Gasteiger charge is 2.19. The highest BCUT2D eigenvalue weighted by atomic mass is 35.5. The molecule has 29 heavy (non-hydrogen) atoms. The number of aliphatic hydroxyl groups excluding tert-OH is 1. The van der Waals surface area contributed by atoms with Crippen molar-refractivity contribution in [1.82, 2.24) is 19.1 Å². The molecule has 0 bridgehead atoms. The molecule has 1 unspecified atom stereocenters. The number of allylic oxidation sites excluding steroid dienone is 1. The fourth-order valence-corrected chi connectivity index (χ4v) is 4.13. The lowest BCUT2D eigenvalue weighted by molar-refractivity contribution is 0.143. The van der Waals surface area contributed by atoms with E-state index in [1.54, 1.807) is 18.5 Å². The number of rotatable bonds is 8. The van der Waals surface area contributed by atoms with Crippen molar-refractivity contribution in [2.45, 2.75) is 37.6 Å². The number of fused-ring (bicyclic) bond motifs is 1. The van der Waals surface area contributed by atoms with Gasteiger partial charge in [-0.1, -0.05) is 59.8 Å². The number of thioether (sulfide) groups is 1. The van der Waals surface area contributed by atoms with Gasteiger partial charge in [-0.05, 0) is 25.3 Å². The summed E-state index contributed by atoms with van der Waals surface area (Å²) in [6.07, 6.45) is 2.43. The molecule has 9 heteroatoms. The molecule has 0 radical (unpaired) electrons. The molecule has 0 saturated heterocycles. The maximum absolute atomic E-state index is 12.5. The quantitative estimate of drug-likeness (QED) is 0.531. The molecule has 2 heterocycles. The Hall–Kier alpha value is -2.29. The smallest absolute Gasteiger partial charge is 0.329 e. The molecule has 1 atom stereocenters. The molecule has 0 spiro atoms. The molecule has 0 saturated carbocycles. The first-order valence-electron chi connectivity index (χ1n) is 9.23. The van der Waals surface area contributed by atoms with E-state index in [-0.39, 0.29) is 12.1 Å². The molecule has 3 aromatic rings. The second-order valence-corrected chi connectivity index (χ2v) is 8.36. The molecule has 0 aliphatic carbocycles. The third-order valence-electron chi connectivity index (χ3n) is 4.55. The predicted octanol–water partition coefficient (Wildman–Crippen LogP) is 2.65. The van der Waals surface area contributed by atoms with Gasteiger partial charge in [0.1, 0.15) is 0 Å². The van der Waals surface area contributed by atoms with Crippen molar-refractivity contribution in [3.8, 4) is 0 Å². The number of imidazole rings is 1. The zero-order chi connectivity index (χ0) is 21.0. The molecule has 154 valence electrons. The van der Waals surface area contributed by atoms with E-state index in [0.717, 1.165) is 12.0 Å². The third kappa shape index (κ3) is 5.20. The number of hydrogen-bond donors (Lipinski definition) is 2. The van der Waals surface area contributed by atoms with Crippen molar-refractivity contribution in [2.24, 2.45) is 7.05 Å². The molecule has 7 nitrogen and oxygen atoms in total. The SMILES string of the molecule is C/C(Cl)=C\CSc1nc2c(c(=O)[nH]c(=O)n2C)n1CC(O)CCc1ccccc1. The number of H-pyrrole nitrogens is 1. The summed E-state index contributed by atoms with van der Waals surface area (Å²) >= 11 is 7.29. The molecule has 2 N–H and O–H groups in total. The third-order valence-corrected chi connectivity index (χ3v) is 5.61. The van der Waals surface area contributed by atoms with Crippen molar-refractivity contribution < 1.29 is 5.11 Å². The minimum absolute atomic E-state index is 0.205. The van der Waals surface area contributed by atoms with Crippen LogP contribution >= 0.6 is 23.4 Å². The summed E-state index contributed by atoms with van der Waals surface area (Å²) in [6.45, 7) is 1.99. The van der Waals surface area contributed by atoms with E-state index in [0.29, 0.717) is 28.0 Å². The standard InChI is InChI=1S/C20H23ClN4O3S/c1-13(21)10-11-29-20-22-17-16(18(27)23-19(28)24(17)2)25(20)12-15(26)9-8-14-6-4-3-5-7-14/h3-7,10,15,26H,8-9,11-12H2,1-2H3,(H,23,27,28)/b13-10+. The van der Waals surface area contributed by atoms with Gasteiger partial charge in [-0.25, -0.2) is 9.78 Å². The number of aliphatic hydroxyl groups is 1. The van der Waals surface area contributed by atoms with Crippen LogP contribution in [0.2, 0.25) is 0 Å². The molecule has 3 rings (SSSR count). The van der Waals surface area contributed by atoms with Crippen LogP contribution in [0.25, 0.3) is 11.2 Å². The van der Waals surface area contributed by atoms with E-state index in [1.807, 2.05) is 36.4 Å². The highest BCUT2D eigenvalue weighted by molar-refractivity contribution is 7.99. The Bertz CT molecular complexity index is 1130. The molecular formula is C20H23ClN4O3S. The van der Waals surface area contributed by atoms with Gasteiger partial charge in [-0.2, -0.15) is 0 Å². The number of halogens is 1. The van der Waals surface area contributed by atoms with Gasteiger partial charge < -0.3 is 9.67 Å². The Kier molecular flexibility index (Phi) is 7.00. The van der Waals surface area contributed by atoms with Crippen LogP contribution in [0.3, 0.4) is 0 Å². The van der Waals surface area contributed by atoms with Crippen molar-refractivity contribution in [1.29, 1.82) is 0 Å². The van der Waals surface area contributed by atoms with Gasteiger partial charge in [0.15, 0.2) is 16.3 Å². The van der Waals surface area contributed by atoms with Crippen LogP contribution in [0.5, 0.6) is 0 Å². The Balaban J connectivity index is 1.90. The van der Waals surface area contributed by atoms with Gasteiger partial charge >= 0.3 is 5.69 Å². The lowest BCUT2D eigenvalue weighted by atomic mass is 10.1. The van der Waals surface area contributed by atoms with E-state index in [4.69, 9.17) is 11.6 Å². The second kappa shape index (κ2) is 9.47. The van der Waals surface area contributed by atoms with E-state index in [9.17, 15) is 14.7 Å². The Labute approximate surface area is 177 Å². The highest BCUT2D eigenvalue weighted by Crippen LogP contribution is 2.23. The number of nitrogens with zero attached hydrogens (tertiary/aromatic N) is 3. The summed E-state index contributed by atoms with van der Waals surface area (Å²) in [6, 6.07) is 9.91. The van der Waals surface area contributed by atoms with E-state index < -0.39 is 17.4 Å². The zero-order valence-electron chi connectivity index (χ0n) is 16.3. The van der Waals surface area contributed by atoms with Crippen molar-refractivity contribution in [3.63, 3.8) is 0 Å². The Morgan fingerprint density at radius 2 is 2.07 bits per heavy atom. The fraction of sp³-hybridized carbons (Fsp3) is 0.350. The van der Waals surface area contributed by atoms with E-state index in [2.05, 4.69) is 9.97 Å². The van der Waals surface area contributed by atoms with E-state index >= 15 is 0 Å². The van der Waals surface area contributed by atoms with Crippen molar-refractivity contribution >= 4 is 34.5 Å². The van der Waals surface area contributed by atoms with Gasteiger partial charge in [-0.15, -0.1) is 0 Å². The maximum atomic E-state index is 12.5. The normalized spacial score (nSPS) is 13.2. The van der Waals surface area contributed by atoms with Gasteiger partial charge in [-0.3, -0.25) is 14.3 Å². The lowest BCUT2D eigenvalue weighted by Gasteiger charge is -2.14. The predicted molar refractivity (Wildman–Crippen MR) is 117 cm³/mol. The number of benzene rings is 1. The van der Waals surface area contributed by atoms with Gasteiger partial charge in [0.25, 0.3) is 5.56 Å². The number of aryl methyl sites for hydroxylation is 2. The monoisotopic (exact) mass is 434 g/mol. The minimum Gasteiger partial charge on any atom is -0.391 e. The lowest BCUT2D eigenvalue weighted by Crippen LogP contribution is -2.30. The second-order valence-electron chi connectivity index (χ2n) is 6.78. The largest absolute Gasteiger partial charge is 0.391 e. The van der Waals surface area contributed by atoms with Gasteiger partial charge in [0.05, 0.1) is 12.6 Å². The molecule has 1 aromatic carbocycles. The fourth-order valence-electron chi connectivity index (χ4n) is 3.01. The average molecular weight is 435 g/mol. The molecular weight excluding hydrogens is 412 g/mol. The summed E-state index contributed by atoms with van der Waals surface area (Å²) in [4.78, 5) is 31.2. The first-order valence-corrected chi connectivity index (χ1v) is 10.6. The van der Waals surface area contributed by atoms with Crippen LogP contribution in [0.1, 0.15) is 18.9 Å². The Morgan fingerprint density at radius 1 is 1.34 bits per heavy atom. The van der Waals surface area contributed by atoms with Crippen LogP contribution in [0, 0.1) is 0 Å². The van der Waals surface area contributed by atoms with Crippen molar-refractivity contribution in [3.05, 3.63) is 67.8 Å². The molecule has 2 aromatic heterocycles. The zero-order valence-corrected chi connectivity index (χ0v) is 17.8. The van der Waals surface area contributed by atoms with Gasteiger partial charge in [0, 0.05) is 17.8 Å². The van der Waals surface area contributed by atoms with Crippen LogP contribution < -0.4 is 11.2 Å². The van der Waals surface area contributed by atoms with Crippen LogP contribution in [0.15, 0.2) is 56.2 Å². The number of hydrogen-bond acceptors (Lipinski definition) is 5. The molecule has 0 amide bonds. The Morgan fingerprint density at radius 3 is 2.76 bits per heavy atom. The first kappa shape index (κ1) is 21.4. The minimum atomic E-state index is -0.672. The number of aromatic nitrogens is 4. The maximum Gasteiger partial charge on any atom is 0.329 e. The van der Waals surface area contributed by atoms with Crippen molar-refractivity contribution in [2.75, 3.05) is 5.75 Å². The topological polar surface area (TPSA) is 92.9 Å². The number of aromatic amines is 1. The summed E-state index contributed by atoms with van der Waals surface area (Å²) in [5, 5.41) is 11.8. The average Bonchev–Trinajstić information content (AvgIpc) is 3.04. The summed E-state index contributed by atoms with van der Waals surface area (Å²) in [5.41, 5.74) is 0.675. The molecule has 0 aliphatic heterocycles. The van der Waals surface area contributed by atoms with Crippen LogP contribution in [-0.2, 0) is 20.0 Å². The molecule has 0 fully saturated rings. The molecule has 0 aliphatic rings.